The molecule has 2 aromatic carbocycles. The van der Waals surface area contributed by atoms with Gasteiger partial charge in [0.15, 0.2) is 12.6 Å². The summed E-state index contributed by atoms with van der Waals surface area (Å²) in [5.74, 6) is -0.0484. The van der Waals surface area contributed by atoms with Crippen LogP contribution in [0.4, 0.5) is 0 Å². The molecule has 1 heterocycles. The molecule has 1 aliphatic heterocycles. The van der Waals surface area contributed by atoms with E-state index in [4.69, 9.17) is 4.74 Å². The van der Waals surface area contributed by atoms with Crippen LogP contribution < -0.4 is 4.74 Å². The van der Waals surface area contributed by atoms with Gasteiger partial charge in [-0.1, -0.05) is 24.3 Å². The fourth-order valence-electron chi connectivity index (χ4n) is 3.35. The van der Waals surface area contributed by atoms with E-state index in [0.29, 0.717) is 30.2 Å². The van der Waals surface area contributed by atoms with Crippen LogP contribution in [0, 0.1) is 0 Å². The molecule has 1 N–H and O–H groups in total. The van der Waals surface area contributed by atoms with Crippen molar-refractivity contribution in [3.8, 4) is 11.5 Å². The molecule has 0 aromatic heterocycles. The number of piperidine rings is 1. The second-order valence-corrected chi connectivity index (χ2v) is 6.47. The van der Waals surface area contributed by atoms with Gasteiger partial charge < -0.3 is 14.7 Å². The minimum Gasteiger partial charge on any atom is -0.507 e. The van der Waals surface area contributed by atoms with Gasteiger partial charge in [0.25, 0.3) is 5.91 Å². The van der Waals surface area contributed by atoms with Gasteiger partial charge in [-0.15, -0.1) is 0 Å². The van der Waals surface area contributed by atoms with Crippen molar-refractivity contribution in [1.29, 1.82) is 0 Å². The number of hydrogen-bond donors (Lipinski definition) is 1. The van der Waals surface area contributed by atoms with E-state index in [-0.39, 0.29) is 35.6 Å². The molecule has 0 radical (unpaired) electrons. The third kappa shape index (κ3) is 4.00. The standard InChI is InChI=1S/C21H21NO5/c23-12-15-6-1-2-8-17(15)21(26)22-11-4-3-7-16(22)14-27-20-10-5-9-19(25)18(20)13-24/h1-2,5-6,8-10,12-13,16,25H,3-4,7,11,14H2/t16-/m1/s1. The number of likely N-dealkylation sites (tertiary alicyclic amines) is 1. The molecule has 0 bridgehead atoms. The summed E-state index contributed by atoms with van der Waals surface area (Å²) in [5, 5.41) is 9.77. The molecule has 0 spiro atoms. The average molecular weight is 367 g/mol. The van der Waals surface area contributed by atoms with Crippen molar-refractivity contribution in [1.82, 2.24) is 4.90 Å². The first-order valence-corrected chi connectivity index (χ1v) is 8.91. The van der Waals surface area contributed by atoms with Crippen molar-refractivity contribution in [2.75, 3.05) is 13.2 Å². The number of benzene rings is 2. The van der Waals surface area contributed by atoms with Crippen LogP contribution in [0.2, 0.25) is 0 Å². The molecular formula is C21H21NO5. The number of rotatable bonds is 6. The molecule has 0 aliphatic carbocycles. The number of carbonyl (C=O) groups excluding carboxylic acids is 3. The topological polar surface area (TPSA) is 83.9 Å². The first-order valence-electron chi connectivity index (χ1n) is 8.91. The van der Waals surface area contributed by atoms with Crippen molar-refractivity contribution in [3.05, 3.63) is 59.2 Å². The van der Waals surface area contributed by atoms with Crippen molar-refractivity contribution < 1.29 is 24.2 Å². The summed E-state index contributed by atoms with van der Waals surface area (Å²) < 4.78 is 5.77. The number of carbonyl (C=O) groups is 3. The van der Waals surface area contributed by atoms with E-state index in [0.717, 1.165) is 19.3 Å². The fraction of sp³-hybridized carbons (Fsp3) is 0.286. The molecule has 1 fully saturated rings. The quantitative estimate of drug-likeness (QED) is 0.793. The molecule has 6 heteroatoms. The predicted molar refractivity (Wildman–Crippen MR) is 99.5 cm³/mol. The van der Waals surface area contributed by atoms with Gasteiger partial charge in [-0.2, -0.15) is 0 Å². The maximum Gasteiger partial charge on any atom is 0.254 e. The molecule has 3 rings (SSSR count). The van der Waals surface area contributed by atoms with E-state index in [1.54, 1.807) is 41.3 Å². The Morgan fingerprint density at radius 3 is 2.70 bits per heavy atom. The first-order chi connectivity index (χ1) is 13.2. The lowest BCUT2D eigenvalue weighted by Crippen LogP contribution is -2.47. The number of phenols is 1. The zero-order valence-electron chi connectivity index (χ0n) is 14.8. The molecule has 27 heavy (non-hydrogen) atoms. The largest absolute Gasteiger partial charge is 0.507 e. The van der Waals surface area contributed by atoms with Crippen LogP contribution in [-0.4, -0.2) is 47.7 Å². The van der Waals surface area contributed by atoms with Crippen LogP contribution in [0.15, 0.2) is 42.5 Å². The van der Waals surface area contributed by atoms with Gasteiger partial charge >= 0.3 is 0 Å². The lowest BCUT2D eigenvalue weighted by Gasteiger charge is -2.36. The van der Waals surface area contributed by atoms with E-state index in [1.807, 2.05) is 0 Å². The third-order valence-electron chi connectivity index (χ3n) is 4.80. The number of nitrogens with zero attached hydrogens (tertiary/aromatic N) is 1. The number of hydrogen-bond acceptors (Lipinski definition) is 5. The summed E-state index contributed by atoms with van der Waals surface area (Å²) in [5.41, 5.74) is 0.840. The Hall–Kier alpha value is -3.15. The van der Waals surface area contributed by atoms with Gasteiger partial charge in [-0.25, -0.2) is 0 Å². The van der Waals surface area contributed by atoms with Crippen LogP contribution in [0.5, 0.6) is 11.5 Å². The maximum atomic E-state index is 13.0. The van der Waals surface area contributed by atoms with E-state index in [9.17, 15) is 19.5 Å². The molecule has 140 valence electrons. The second kappa shape index (κ2) is 8.49. The van der Waals surface area contributed by atoms with E-state index < -0.39 is 0 Å². The van der Waals surface area contributed by atoms with Crippen LogP contribution in [0.25, 0.3) is 0 Å². The van der Waals surface area contributed by atoms with Gasteiger partial charge in [0, 0.05) is 12.1 Å². The Balaban J connectivity index is 1.78. The molecule has 1 atom stereocenters. The molecule has 0 unspecified atom stereocenters. The number of aromatic hydroxyl groups is 1. The second-order valence-electron chi connectivity index (χ2n) is 6.47. The zero-order chi connectivity index (χ0) is 19.2. The number of ether oxygens (including phenoxy) is 1. The van der Waals surface area contributed by atoms with E-state index in [1.165, 1.54) is 6.07 Å². The van der Waals surface area contributed by atoms with Crippen molar-refractivity contribution in [2.45, 2.75) is 25.3 Å². The third-order valence-corrected chi connectivity index (χ3v) is 4.80. The highest BCUT2D eigenvalue weighted by Crippen LogP contribution is 2.27. The minimum atomic E-state index is -0.197. The number of aldehydes is 2. The highest BCUT2D eigenvalue weighted by Gasteiger charge is 2.29. The maximum absolute atomic E-state index is 13.0. The molecule has 0 saturated carbocycles. The summed E-state index contributed by atoms with van der Waals surface area (Å²) in [4.78, 5) is 37.2. The molecule has 1 saturated heterocycles. The lowest BCUT2D eigenvalue weighted by atomic mass is 10.00. The Morgan fingerprint density at radius 1 is 1.11 bits per heavy atom. The molecule has 2 aromatic rings. The predicted octanol–water partition coefficient (Wildman–Crippen LogP) is 3.09. The zero-order valence-corrected chi connectivity index (χ0v) is 14.8. The van der Waals surface area contributed by atoms with E-state index in [2.05, 4.69) is 0 Å². The minimum absolute atomic E-state index is 0.0949. The van der Waals surface area contributed by atoms with Gasteiger partial charge in [-0.05, 0) is 37.5 Å². The van der Waals surface area contributed by atoms with Gasteiger partial charge in [-0.3, -0.25) is 14.4 Å². The molecular weight excluding hydrogens is 346 g/mol. The summed E-state index contributed by atoms with van der Waals surface area (Å²) in [6, 6.07) is 11.2. The smallest absolute Gasteiger partial charge is 0.254 e. The summed E-state index contributed by atoms with van der Waals surface area (Å²) in [6.07, 6.45) is 3.86. The van der Waals surface area contributed by atoms with E-state index >= 15 is 0 Å². The Bertz CT molecular complexity index is 848. The monoisotopic (exact) mass is 367 g/mol. The van der Waals surface area contributed by atoms with Crippen molar-refractivity contribution in [3.63, 3.8) is 0 Å². The fourth-order valence-corrected chi connectivity index (χ4v) is 3.35. The molecule has 6 nitrogen and oxygen atoms in total. The summed E-state index contributed by atoms with van der Waals surface area (Å²) in [7, 11) is 0. The normalized spacial score (nSPS) is 16.6. The first kappa shape index (κ1) is 18.6. The Labute approximate surface area is 157 Å². The van der Waals surface area contributed by atoms with Crippen LogP contribution >= 0.6 is 0 Å². The highest BCUT2D eigenvalue weighted by atomic mass is 16.5. The highest BCUT2D eigenvalue weighted by molar-refractivity contribution is 6.01. The van der Waals surface area contributed by atoms with Crippen LogP contribution in [-0.2, 0) is 0 Å². The summed E-state index contributed by atoms with van der Waals surface area (Å²) in [6.45, 7) is 0.792. The number of amides is 1. The van der Waals surface area contributed by atoms with Crippen molar-refractivity contribution in [2.24, 2.45) is 0 Å². The SMILES string of the molecule is O=Cc1ccccc1C(=O)N1CCCC[C@@H]1COc1cccc(O)c1C=O. The summed E-state index contributed by atoms with van der Waals surface area (Å²) >= 11 is 0. The van der Waals surface area contributed by atoms with Gasteiger partial charge in [0.2, 0.25) is 0 Å². The van der Waals surface area contributed by atoms with Crippen molar-refractivity contribution >= 4 is 18.5 Å². The van der Waals surface area contributed by atoms with Crippen LogP contribution in [0.1, 0.15) is 50.3 Å². The Kier molecular flexibility index (Phi) is 5.86. The molecule has 1 aliphatic rings. The molecule has 1 amide bonds. The van der Waals surface area contributed by atoms with Gasteiger partial charge in [0.05, 0.1) is 17.2 Å². The van der Waals surface area contributed by atoms with Crippen LogP contribution in [0.3, 0.4) is 0 Å². The average Bonchev–Trinajstić information content (AvgIpc) is 2.72. The Morgan fingerprint density at radius 2 is 1.93 bits per heavy atom. The lowest BCUT2D eigenvalue weighted by molar-refractivity contribution is 0.0525. The van der Waals surface area contributed by atoms with Gasteiger partial charge in [0.1, 0.15) is 18.1 Å². The number of phenolic OH excluding ortho intramolecular Hbond substituents is 1.